The molecule has 1 aromatic carbocycles. The summed E-state index contributed by atoms with van der Waals surface area (Å²) in [5.74, 6) is 0.887. The van der Waals surface area contributed by atoms with Gasteiger partial charge in [-0.25, -0.2) is 19.6 Å². The molecule has 3 amide bonds. The first-order valence-electron chi connectivity index (χ1n) is 13.5. The lowest BCUT2D eigenvalue weighted by molar-refractivity contribution is 0.0240. The molecule has 0 atom stereocenters. The normalized spacial score (nSPS) is 13.8. The Morgan fingerprint density at radius 1 is 0.925 bits per heavy atom. The number of aromatic nitrogens is 3. The highest BCUT2D eigenvalue weighted by Crippen LogP contribution is 2.27. The maximum Gasteiger partial charge on any atom is 0.410 e. The van der Waals surface area contributed by atoms with E-state index in [1.165, 1.54) is 0 Å². The molecule has 10 nitrogen and oxygen atoms in total. The average Bonchev–Trinajstić information content (AvgIpc) is 3.36. The van der Waals surface area contributed by atoms with Crippen LogP contribution < -0.4 is 15.5 Å². The van der Waals surface area contributed by atoms with Crippen molar-refractivity contribution < 1.29 is 14.3 Å². The Kier molecular flexibility index (Phi) is 7.59. The van der Waals surface area contributed by atoms with Gasteiger partial charge in [-0.15, -0.1) is 0 Å². The molecule has 4 aromatic rings. The van der Waals surface area contributed by atoms with E-state index in [9.17, 15) is 9.59 Å². The van der Waals surface area contributed by atoms with Gasteiger partial charge >= 0.3 is 12.1 Å². The molecule has 40 heavy (non-hydrogen) atoms. The molecule has 1 fully saturated rings. The lowest BCUT2D eigenvalue weighted by Crippen LogP contribution is -2.50. The lowest BCUT2D eigenvalue weighted by atomic mass is 10.1. The number of carbonyl (C=O) groups is 2. The number of amides is 3. The first-order valence-corrected chi connectivity index (χ1v) is 13.5. The summed E-state index contributed by atoms with van der Waals surface area (Å²) in [6.07, 6.45) is 5.45. The van der Waals surface area contributed by atoms with Crippen LogP contribution in [0.25, 0.3) is 28.0 Å². The number of urea groups is 1. The van der Waals surface area contributed by atoms with Crippen molar-refractivity contribution in [3.63, 3.8) is 0 Å². The van der Waals surface area contributed by atoms with E-state index in [0.29, 0.717) is 38.4 Å². The van der Waals surface area contributed by atoms with Crippen LogP contribution in [-0.4, -0.2) is 69.7 Å². The first kappa shape index (κ1) is 27.0. The number of ether oxygens (including phenoxy) is 1. The van der Waals surface area contributed by atoms with E-state index in [1.807, 2.05) is 93.2 Å². The molecule has 0 bridgehead atoms. The van der Waals surface area contributed by atoms with Crippen LogP contribution in [0.15, 0.2) is 67.1 Å². The number of rotatable bonds is 5. The Morgan fingerprint density at radius 2 is 1.73 bits per heavy atom. The second-order valence-electron chi connectivity index (χ2n) is 10.7. The number of imidazole rings is 1. The third-order valence-corrected chi connectivity index (χ3v) is 6.60. The molecule has 0 unspecified atom stereocenters. The molecule has 0 saturated carbocycles. The predicted molar refractivity (Wildman–Crippen MR) is 157 cm³/mol. The highest BCUT2D eigenvalue weighted by Gasteiger charge is 2.26. The van der Waals surface area contributed by atoms with Crippen molar-refractivity contribution in [2.75, 3.05) is 42.9 Å². The van der Waals surface area contributed by atoms with Gasteiger partial charge in [0.1, 0.15) is 17.1 Å². The summed E-state index contributed by atoms with van der Waals surface area (Å²) in [6, 6.07) is 15.6. The Labute approximate surface area is 234 Å². The van der Waals surface area contributed by atoms with Gasteiger partial charge in [0.25, 0.3) is 0 Å². The van der Waals surface area contributed by atoms with Crippen LogP contribution in [0, 0.1) is 0 Å². The van der Waals surface area contributed by atoms with E-state index in [0.717, 1.165) is 33.8 Å². The number of carbonyl (C=O) groups excluding carboxylic acids is 2. The largest absolute Gasteiger partial charge is 0.444 e. The zero-order chi connectivity index (χ0) is 28.3. The fourth-order valence-electron chi connectivity index (χ4n) is 4.65. The number of pyridine rings is 2. The van der Waals surface area contributed by atoms with Gasteiger partial charge < -0.3 is 25.2 Å². The molecular weight excluding hydrogens is 506 g/mol. The van der Waals surface area contributed by atoms with Crippen LogP contribution in [0.5, 0.6) is 0 Å². The maximum absolute atomic E-state index is 12.4. The van der Waals surface area contributed by atoms with E-state index in [4.69, 9.17) is 9.72 Å². The van der Waals surface area contributed by atoms with E-state index in [1.54, 1.807) is 4.90 Å². The summed E-state index contributed by atoms with van der Waals surface area (Å²) in [7, 11) is 0. The number of hydrogen-bond donors (Lipinski definition) is 2. The predicted octanol–water partition coefficient (Wildman–Crippen LogP) is 5.26. The topological polar surface area (TPSA) is 104 Å². The van der Waals surface area contributed by atoms with E-state index in [-0.39, 0.29) is 12.1 Å². The highest BCUT2D eigenvalue weighted by atomic mass is 16.6. The molecule has 1 saturated heterocycles. The molecular formula is C30H35N7O3. The monoisotopic (exact) mass is 541 g/mol. The van der Waals surface area contributed by atoms with Gasteiger partial charge in [0.15, 0.2) is 0 Å². The van der Waals surface area contributed by atoms with Gasteiger partial charge in [-0.2, -0.15) is 0 Å². The summed E-state index contributed by atoms with van der Waals surface area (Å²) in [5.41, 5.74) is 4.93. The van der Waals surface area contributed by atoms with Crippen LogP contribution in [0.4, 0.5) is 21.1 Å². The number of benzene rings is 1. The summed E-state index contributed by atoms with van der Waals surface area (Å²) < 4.78 is 7.52. The SMILES string of the molecule is CCNC(=O)Nc1cccc(-c2cnc3cc(-c4ccc(N5CCN(C(=O)OC(C)(C)C)CC5)nc4)ccn23)c1. The maximum atomic E-state index is 12.4. The molecule has 0 aliphatic carbocycles. The third kappa shape index (κ3) is 6.17. The molecule has 208 valence electrons. The van der Waals surface area contributed by atoms with Gasteiger partial charge in [-0.05, 0) is 69.7 Å². The van der Waals surface area contributed by atoms with Gasteiger partial charge in [0, 0.05) is 61.9 Å². The van der Waals surface area contributed by atoms with Crippen LogP contribution in [0.1, 0.15) is 27.7 Å². The van der Waals surface area contributed by atoms with Crippen molar-refractivity contribution in [3.8, 4) is 22.4 Å². The van der Waals surface area contributed by atoms with Gasteiger partial charge in [0.2, 0.25) is 0 Å². The molecule has 3 aromatic heterocycles. The molecule has 0 spiro atoms. The molecule has 10 heteroatoms. The quantitative estimate of drug-likeness (QED) is 0.357. The smallest absolute Gasteiger partial charge is 0.410 e. The fraction of sp³-hybridized carbons (Fsp3) is 0.333. The molecule has 0 radical (unpaired) electrons. The minimum absolute atomic E-state index is 0.231. The zero-order valence-corrected chi connectivity index (χ0v) is 23.3. The Hall–Kier alpha value is -4.60. The number of nitrogens with one attached hydrogen (secondary N) is 2. The van der Waals surface area contributed by atoms with Crippen LogP contribution in [0.2, 0.25) is 0 Å². The molecule has 1 aliphatic heterocycles. The molecule has 1 aliphatic rings. The van der Waals surface area contributed by atoms with E-state index >= 15 is 0 Å². The molecule has 2 N–H and O–H groups in total. The van der Waals surface area contributed by atoms with Crippen molar-refractivity contribution in [1.29, 1.82) is 0 Å². The second kappa shape index (κ2) is 11.3. The fourth-order valence-corrected chi connectivity index (χ4v) is 4.65. The van der Waals surface area contributed by atoms with Gasteiger partial charge in [-0.3, -0.25) is 4.40 Å². The van der Waals surface area contributed by atoms with Gasteiger partial charge in [-0.1, -0.05) is 12.1 Å². The Bertz CT molecular complexity index is 1500. The van der Waals surface area contributed by atoms with Gasteiger partial charge in [0.05, 0.1) is 11.9 Å². The second-order valence-corrected chi connectivity index (χ2v) is 10.7. The number of anilines is 2. The van der Waals surface area contributed by atoms with Crippen LogP contribution in [-0.2, 0) is 4.74 Å². The number of fused-ring (bicyclic) bond motifs is 1. The highest BCUT2D eigenvalue weighted by molar-refractivity contribution is 5.90. The van der Waals surface area contributed by atoms with Crippen molar-refractivity contribution in [3.05, 3.63) is 67.1 Å². The minimum Gasteiger partial charge on any atom is -0.444 e. The third-order valence-electron chi connectivity index (χ3n) is 6.60. The minimum atomic E-state index is -0.497. The Balaban J connectivity index is 1.26. The number of piperazine rings is 1. The van der Waals surface area contributed by atoms with Crippen molar-refractivity contribution in [2.24, 2.45) is 0 Å². The van der Waals surface area contributed by atoms with Crippen molar-refractivity contribution >= 4 is 29.3 Å². The zero-order valence-electron chi connectivity index (χ0n) is 23.3. The summed E-state index contributed by atoms with van der Waals surface area (Å²) >= 11 is 0. The van der Waals surface area contributed by atoms with Crippen LogP contribution >= 0.6 is 0 Å². The first-order chi connectivity index (χ1) is 19.2. The molecule has 4 heterocycles. The number of nitrogens with zero attached hydrogens (tertiary/aromatic N) is 5. The van der Waals surface area contributed by atoms with E-state index in [2.05, 4.69) is 26.6 Å². The summed E-state index contributed by atoms with van der Waals surface area (Å²) in [6.45, 7) is 10.7. The van der Waals surface area contributed by atoms with Crippen molar-refractivity contribution in [1.82, 2.24) is 24.6 Å². The van der Waals surface area contributed by atoms with Crippen LogP contribution in [0.3, 0.4) is 0 Å². The molecule has 5 rings (SSSR count). The Morgan fingerprint density at radius 3 is 2.42 bits per heavy atom. The van der Waals surface area contributed by atoms with E-state index < -0.39 is 5.60 Å². The lowest BCUT2D eigenvalue weighted by Gasteiger charge is -2.36. The summed E-state index contributed by atoms with van der Waals surface area (Å²) in [5, 5.41) is 5.59. The average molecular weight is 542 g/mol. The standard InChI is InChI=1S/C30H35N7O3/c1-5-31-28(38)34-24-8-6-7-22(17-24)25-20-33-27-18-21(11-12-37(25)27)23-9-10-26(32-19-23)35-13-15-36(16-14-35)29(39)40-30(2,3)4/h6-12,17-20H,5,13-16H2,1-4H3,(H2,31,34,38). The van der Waals surface area contributed by atoms with Crippen molar-refractivity contribution in [2.45, 2.75) is 33.3 Å². The summed E-state index contributed by atoms with van der Waals surface area (Å²) in [4.78, 5) is 37.5. The number of hydrogen-bond acceptors (Lipinski definition) is 6.